The summed E-state index contributed by atoms with van der Waals surface area (Å²) in [6.45, 7) is 3.48. The fourth-order valence-corrected chi connectivity index (χ4v) is 1.79. The lowest BCUT2D eigenvalue weighted by atomic mass is 10.1. The third-order valence-corrected chi connectivity index (χ3v) is 2.37. The normalized spacial score (nSPS) is 10.7. The number of halogens is 3. The number of hydrogen-bond donors (Lipinski definition) is 0. The minimum atomic E-state index is -2.76. The fraction of sp³-hybridized carbons (Fsp3) is 0.455. The van der Waals surface area contributed by atoms with Gasteiger partial charge in [0.15, 0.2) is 0 Å². The molecule has 0 aliphatic heterocycles. The molecule has 0 saturated heterocycles. The number of aryl methyl sites for hydroxylation is 1. The zero-order valence-electron chi connectivity index (χ0n) is 9.47. The van der Waals surface area contributed by atoms with E-state index in [0.29, 0.717) is 5.69 Å². The van der Waals surface area contributed by atoms with Crippen LogP contribution in [-0.4, -0.2) is 17.6 Å². The highest BCUT2D eigenvalue weighted by molar-refractivity contribution is 6.30. The first-order valence-corrected chi connectivity index (χ1v) is 5.43. The van der Waals surface area contributed by atoms with E-state index < -0.39 is 18.0 Å². The molecule has 0 N–H and O–H groups in total. The fourth-order valence-electron chi connectivity index (χ4n) is 1.45. The molecule has 0 unspecified atom stereocenters. The highest BCUT2D eigenvalue weighted by atomic mass is 35.5. The van der Waals surface area contributed by atoms with E-state index in [2.05, 4.69) is 4.98 Å². The molecular formula is C11H12ClF2NO2. The summed E-state index contributed by atoms with van der Waals surface area (Å²) in [4.78, 5) is 15.0. The van der Waals surface area contributed by atoms with Crippen molar-refractivity contribution in [3.8, 4) is 0 Å². The molecule has 0 atom stereocenters. The Morgan fingerprint density at radius 3 is 2.76 bits per heavy atom. The van der Waals surface area contributed by atoms with Crippen LogP contribution in [0.25, 0.3) is 0 Å². The molecule has 3 nitrogen and oxygen atoms in total. The van der Waals surface area contributed by atoms with Gasteiger partial charge >= 0.3 is 5.97 Å². The van der Waals surface area contributed by atoms with Crippen LogP contribution in [0, 0.1) is 6.92 Å². The molecule has 6 heteroatoms. The Hall–Kier alpha value is -1.23. The third-order valence-electron chi connectivity index (χ3n) is 2.08. The van der Waals surface area contributed by atoms with Crippen molar-refractivity contribution < 1.29 is 18.3 Å². The first kappa shape index (κ1) is 13.8. The third kappa shape index (κ3) is 3.63. The minimum absolute atomic E-state index is 0.163. The van der Waals surface area contributed by atoms with E-state index in [0.717, 1.165) is 0 Å². The molecule has 1 heterocycles. The van der Waals surface area contributed by atoms with E-state index >= 15 is 0 Å². The van der Waals surface area contributed by atoms with Crippen LogP contribution < -0.4 is 0 Å². The average molecular weight is 264 g/mol. The topological polar surface area (TPSA) is 39.2 Å². The van der Waals surface area contributed by atoms with Crippen LogP contribution in [0.15, 0.2) is 6.07 Å². The molecule has 0 aromatic carbocycles. The van der Waals surface area contributed by atoms with Gasteiger partial charge in [-0.1, -0.05) is 11.6 Å². The first-order chi connectivity index (χ1) is 7.95. The molecule has 0 aliphatic rings. The van der Waals surface area contributed by atoms with Crippen molar-refractivity contribution in [2.75, 3.05) is 6.61 Å². The summed E-state index contributed by atoms with van der Waals surface area (Å²) in [6.07, 6.45) is -2.99. The van der Waals surface area contributed by atoms with Crippen molar-refractivity contribution in [3.05, 3.63) is 28.0 Å². The first-order valence-electron chi connectivity index (χ1n) is 5.05. The monoisotopic (exact) mass is 263 g/mol. The lowest BCUT2D eigenvalue weighted by Crippen LogP contribution is -2.10. The van der Waals surface area contributed by atoms with Gasteiger partial charge in [-0.05, 0) is 25.5 Å². The molecular weight excluding hydrogens is 252 g/mol. The van der Waals surface area contributed by atoms with E-state index in [-0.39, 0.29) is 23.7 Å². The van der Waals surface area contributed by atoms with Crippen LogP contribution in [0.1, 0.15) is 30.2 Å². The Morgan fingerprint density at radius 2 is 2.24 bits per heavy atom. The van der Waals surface area contributed by atoms with Gasteiger partial charge in [0, 0.05) is 5.69 Å². The molecule has 1 aromatic heterocycles. The summed E-state index contributed by atoms with van der Waals surface area (Å²) < 4.78 is 30.3. The molecule has 0 bridgehead atoms. The van der Waals surface area contributed by atoms with E-state index in [1.54, 1.807) is 13.8 Å². The Labute approximate surface area is 103 Å². The van der Waals surface area contributed by atoms with E-state index in [4.69, 9.17) is 16.3 Å². The molecule has 17 heavy (non-hydrogen) atoms. The zero-order valence-corrected chi connectivity index (χ0v) is 10.2. The predicted octanol–water partition coefficient (Wildman–Crippen LogP) is 3.09. The Balaban J connectivity index is 3.08. The van der Waals surface area contributed by atoms with Gasteiger partial charge in [0.2, 0.25) is 0 Å². The number of pyridine rings is 1. The zero-order chi connectivity index (χ0) is 13.0. The van der Waals surface area contributed by atoms with Gasteiger partial charge in [-0.15, -0.1) is 0 Å². The van der Waals surface area contributed by atoms with E-state index in [9.17, 15) is 13.6 Å². The smallest absolute Gasteiger partial charge is 0.310 e. The van der Waals surface area contributed by atoms with Gasteiger partial charge in [-0.25, -0.2) is 13.8 Å². The molecule has 1 aromatic rings. The largest absolute Gasteiger partial charge is 0.466 e. The standard InChI is InChI=1S/C11H12ClF2NO2/c1-3-17-8(16)5-7-4-6(2)15-10(12)9(7)11(13)14/h4,11H,3,5H2,1-2H3. The van der Waals surface area contributed by atoms with Crippen LogP contribution in [0.4, 0.5) is 8.78 Å². The van der Waals surface area contributed by atoms with Crippen LogP contribution in [0.2, 0.25) is 5.15 Å². The van der Waals surface area contributed by atoms with Crippen LogP contribution in [0.5, 0.6) is 0 Å². The molecule has 1 rings (SSSR count). The number of hydrogen-bond acceptors (Lipinski definition) is 3. The molecule has 0 amide bonds. The number of carbonyl (C=O) groups excluding carboxylic acids is 1. The second-order valence-corrected chi connectivity index (χ2v) is 3.77. The van der Waals surface area contributed by atoms with Crippen molar-refractivity contribution in [3.63, 3.8) is 0 Å². The Bertz CT molecular complexity index is 424. The second-order valence-electron chi connectivity index (χ2n) is 3.41. The van der Waals surface area contributed by atoms with Gasteiger partial charge in [-0.2, -0.15) is 0 Å². The molecule has 0 fully saturated rings. The average Bonchev–Trinajstić information content (AvgIpc) is 2.15. The van der Waals surface area contributed by atoms with Gasteiger partial charge in [0.05, 0.1) is 18.6 Å². The highest BCUT2D eigenvalue weighted by Gasteiger charge is 2.20. The van der Waals surface area contributed by atoms with Crippen LogP contribution in [0.3, 0.4) is 0 Å². The number of carbonyl (C=O) groups is 1. The molecule has 0 spiro atoms. The highest BCUT2D eigenvalue weighted by Crippen LogP contribution is 2.30. The van der Waals surface area contributed by atoms with Gasteiger partial charge < -0.3 is 4.74 Å². The second kappa shape index (κ2) is 5.91. The summed E-state index contributed by atoms with van der Waals surface area (Å²) in [5.41, 5.74) is 0.250. The molecule has 0 saturated carbocycles. The van der Waals surface area contributed by atoms with Crippen molar-refractivity contribution in [1.82, 2.24) is 4.98 Å². The van der Waals surface area contributed by atoms with Gasteiger partial charge in [-0.3, -0.25) is 4.79 Å². The van der Waals surface area contributed by atoms with Crippen LogP contribution >= 0.6 is 11.6 Å². The SMILES string of the molecule is CCOC(=O)Cc1cc(C)nc(Cl)c1C(F)F. The van der Waals surface area contributed by atoms with Crippen LogP contribution in [-0.2, 0) is 16.0 Å². The maximum absolute atomic E-state index is 12.8. The summed E-state index contributed by atoms with van der Waals surface area (Å²) >= 11 is 5.65. The number of ether oxygens (including phenoxy) is 1. The summed E-state index contributed by atoms with van der Waals surface area (Å²) in [5.74, 6) is -0.559. The Kier molecular flexibility index (Phi) is 4.81. The maximum Gasteiger partial charge on any atom is 0.310 e. The van der Waals surface area contributed by atoms with E-state index in [1.807, 2.05) is 0 Å². The molecule has 94 valence electrons. The molecule has 0 radical (unpaired) electrons. The van der Waals surface area contributed by atoms with Gasteiger partial charge in [0.1, 0.15) is 5.15 Å². The number of rotatable bonds is 4. The van der Waals surface area contributed by atoms with Crippen molar-refractivity contribution >= 4 is 17.6 Å². The number of nitrogens with zero attached hydrogens (tertiary/aromatic N) is 1. The van der Waals surface area contributed by atoms with Crippen molar-refractivity contribution in [2.45, 2.75) is 26.7 Å². The summed E-state index contributed by atoms with van der Waals surface area (Å²) in [7, 11) is 0. The van der Waals surface area contributed by atoms with Gasteiger partial charge in [0.25, 0.3) is 6.43 Å². The lowest BCUT2D eigenvalue weighted by molar-refractivity contribution is -0.142. The Morgan fingerprint density at radius 1 is 1.59 bits per heavy atom. The summed E-state index contributed by atoms with van der Waals surface area (Å²) in [5, 5.41) is -0.265. The number of aromatic nitrogens is 1. The van der Waals surface area contributed by atoms with Crippen molar-refractivity contribution in [1.29, 1.82) is 0 Å². The minimum Gasteiger partial charge on any atom is -0.466 e. The quantitative estimate of drug-likeness (QED) is 0.619. The van der Waals surface area contributed by atoms with Crippen molar-refractivity contribution in [2.24, 2.45) is 0 Å². The summed E-state index contributed by atoms with van der Waals surface area (Å²) in [6, 6.07) is 1.42. The number of alkyl halides is 2. The lowest BCUT2D eigenvalue weighted by Gasteiger charge is -2.10. The number of esters is 1. The molecule has 0 aliphatic carbocycles. The maximum atomic E-state index is 12.8. The predicted molar refractivity (Wildman–Crippen MR) is 59.3 cm³/mol. The van der Waals surface area contributed by atoms with E-state index in [1.165, 1.54) is 6.07 Å².